The number of aromatic amines is 1. The summed E-state index contributed by atoms with van der Waals surface area (Å²) >= 11 is 5.79. The van der Waals surface area contributed by atoms with Crippen molar-refractivity contribution < 1.29 is 32.2 Å². The lowest BCUT2D eigenvalue weighted by Crippen LogP contribution is -2.44. The minimum absolute atomic E-state index is 0.0662. The number of halogens is 4. The Bertz CT molecular complexity index is 1670. The van der Waals surface area contributed by atoms with Crippen molar-refractivity contribution in [2.45, 2.75) is 24.7 Å². The number of alkyl halides is 3. The van der Waals surface area contributed by atoms with Gasteiger partial charge in [0, 0.05) is 23.0 Å². The van der Waals surface area contributed by atoms with Gasteiger partial charge in [0.15, 0.2) is 11.5 Å². The van der Waals surface area contributed by atoms with Gasteiger partial charge in [0.2, 0.25) is 6.79 Å². The van der Waals surface area contributed by atoms with E-state index in [2.05, 4.69) is 4.98 Å². The number of anilines is 1. The van der Waals surface area contributed by atoms with Crippen molar-refractivity contribution in [2.24, 2.45) is 0 Å². The average Bonchev–Trinajstić information content (AvgIpc) is 3.57. The predicted octanol–water partition coefficient (Wildman–Crippen LogP) is 6.05. The molecule has 11 heteroatoms. The maximum absolute atomic E-state index is 13.9. The topological polar surface area (TPSA) is 74.9 Å². The zero-order valence-corrected chi connectivity index (χ0v) is 20.1. The molecule has 3 aliphatic heterocycles. The molecule has 0 aliphatic carbocycles. The molecule has 3 aliphatic rings. The predicted molar refractivity (Wildman–Crippen MR) is 131 cm³/mol. The summed E-state index contributed by atoms with van der Waals surface area (Å²) in [6.45, 7) is 0.0662. The first-order valence-corrected chi connectivity index (χ1v) is 12.1. The van der Waals surface area contributed by atoms with Crippen LogP contribution in [-0.2, 0) is 17.4 Å². The molecule has 38 heavy (non-hydrogen) atoms. The highest BCUT2D eigenvalue weighted by molar-refractivity contribution is 6.31. The molecule has 3 aromatic carbocycles. The van der Waals surface area contributed by atoms with E-state index in [4.69, 9.17) is 21.1 Å². The first-order chi connectivity index (χ1) is 18.2. The summed E-state index contributed by atoms with van der Waals surface area (Å²) in [5.74, 6) is 0.459. The highest BCUT2D eigenvalue weighted by Crippen LogP contribution is 2.47. The second-order valence-corrected chi connectivity index (χ2v) is 9.73. The van der Waals surface area contributed by atoms with Crippen LogP contribution in [0.4, 0.5) is 23.7 Å². The Balaban J connectivity index is 1.39. The van der Waals surface area contributed by atoms with Crippen molar-refractivity contribution >= 4 is 40.1 Å². The van der Waals surface area contributed by atoms with Gasteiger partial charge in [0.25, 0.3) is 5.91 Å². The molecular weight excluding hydrogens is 523 g/mol. The van der Waals surface area contributed by atoms with E-state index in [1.807, 2.05) is 24.3 Å². The number of urea groups is 1. The molecule has 192 valence electrons. The summed E-state index contributed by atoms with van der Waals surface area (Å²) in [6.07, 6.45) is -4.54. The highest BCUT2D eigenvalue weighted by atomic mass is 35.5. The van der Waals surface area contributed by atoms with Gasteiger partial charge in [-0.15, -0.1) is 0 Å². The van der Waals surface area contributed by atoms with Crippen molar-refractivity contribution in [1.82, 2.24) is 9.88 Å². The van der Waals surface area contributed by atoms with Crippen LogP contribution in [0.3, 0.4) is 0 Å². The molecule has 7 rings (SSSR count). The lowest BCUT2D eigenvalue weighted by molar-refractivity contribution is -0.137. The molecule has 0 spiro atoms. The molecule has 1 saturated heterocycles. The van der Waals surface area contributed by atoms with Gasteiger partial charge in [-0.3, -0.25) is 9.69 Å². The zero-order valence-electron chi connectivity index (χ0n) is 19.4. The lowest BCUT2D eigenvalue weighted by atomic mass is 9.88. The van der Waals surface area contributed by atoms with E-state index in [-0.39, 0.29) is 18.9 Å². The van der Waals surface area contributed by atoms with Crippen LogP contribution in [0.25, 0.3) is 10.9 Å². The number of benzene rings is 3. The Kier molecular flexibility index (Phi) is 4.78. The number of rotatable bonds is 2. The van der Waals surface area contributed by atoms with E-state index in [1.165, 1.54) is 11.0 Å². The van der Waals surface area contributed by atoms with Crippen molar-refractivity contribution in [2.75, 3.05) is 11.7 Å². The SMILES string of the molecule is O=C1[C@H]2Cc3c([nH]c4ccccc34)[C@@H](c3ccc4c(c3)OCO4)N2C(=O)N1c1ccc(Cl)c(C(F)(F)F)c1. The fourth-order valence-corrected chi connectivity index (χ4v) is 5.84. The molecule has 0 bridgehead atoms. The van der Waals surface area contributed by atoms with E-state index in [0.29, 0.717) is 17.1 Å². The van der Waals surface area contributed by atoms with Crippen molar-refractivity contribution in [3.63, 3.8) is 0 Å². The largest absolute Gasteiger partial charge is 0.454 e. The number of carbonyl (C=O) groups excluding carboxylic acids is 2. The fraction of sp³-hybridized carbons (Fsp3) is 0.185. The number of imide groups is 1. The number of amides is 3. The van der Waals surface area contributed by atoms with Gasteiger partial charge in [-0.1, -0.05) is 35.9 Å². The number of aromatic nitrogens is 1. The molecule has 0 unspecified atom stereocenters. The maximum atomic E-state index is 13.9. The summed E-state index contributed by atoms with van der Waals surface area (Å²) < 4.78 is 51.7. The third-order valence-electron chi connectivity index (χ3n) is 7.28. The van der Waals surface area contributed by atoms with Crippen LogP contribution < -0.4 is 14.4 Å². The third-order valence-corrected chi connectivity index (χ3v) is 7.60. The lowest BCUT2D eigenvalue weighted by Gasteiger charge is -2.36. The standard InChI is InChI=1S/C27H17ClF3N3O4/c28-18-7-6-14(10-17(18)27(29,30)31)33-25(35)20-11-16-15-3-1-2-4-19(15)32-23(16)24(34(20)26(33)36)13-5-8-21-22(9-13)38-12-37-21/h1-10,20,24,32H,11-12H2/t20-,24-/m1/s1. The van der Waals surface area contributed by atoms with E-state index in [0.717, 1.165) is 39.2 Å². The smallest absolute Gasteiger partial charge is 0.417 e. The van der Waals surface area contributed by atoms with Crippen LogP contribution in [0.15, 0.2) is 60.7 Å². The molecule has 0 radical (unpaired) electrons. The third kappa shape index (κ3) is 3.22. The van der Waals surface area contributed by atoms with E-state index >= 15 is 0 Å². The van der Waals surface area contributed by atoms with Gasteiger partial charge in [-0.25, -0.2) is 9.69 Å². The molecule has 4 aromatic rings. The molecule has 3 amide bonds. The number of carbonyl (C=O) groups is 2. The summed E-state index contributed by atoms with van der Waals surface area (Å²) in [5, 5.41) is 0.398. The van der Waals surface area contributed by atoms with E-state index in [9.17, 15) is 22.8 Å². The monoisotopic (exact) mass is 539 g/mol. The van der Waals surface area contributed by atoms with Crippen molar-refractivity contribution in [3.8, 4) is 11.5 Å². The molecule has 1 fully saturated rings. The van der Waals surface area contributed by atoms with Crippen LogP contribution >= 0.6 is 11.6 Å². The molecule has 2 atom stereocenters. The summed E-state index contributed by atoms with van der Waals surface area (Å²) in [7, 11) is 0. The van der Waals surface area contributed by atoms with E-state index in [1.54, 1.807) is 18.2 Å². The number of para-hydroxylation sites is 1. The summed E-state index contributed by atoms with van der Waals surface area (Å²) in [6, 6.07) is 13.6. The Hall–Kier alpha value is -4.18. The quantitative estimate of drug-likeness (QED) is 0.315. The maximum Gasteiger partial charge on any atom is 0.417 e. The Morgan fingerprint density at radius 2 is 1.76 bits per heavy atom. The number of hydrogen-bond acceptors (Lipinski definition) is 4. The van der Waals surface area contributed by atoms with Crippen LogP contribution in [-0.4, -0.2) is 34.7 Å². The first-order valence-electron chi connectivity index (χ1n) is 11.7. The van der Waals surface area contributed by atoms with E-state index < -0.39 is 40.8 Å². The second kappa shape index (κ2) is 7.91. The van der Waals surface area contributed by atoms with Crippen LogP contribution in [0.1, 0.15) is 28.4 Å². The van der Waals surface area contributed by atoms with Gasteiger partial charge in [0.1, 0.15) is 12.1 Å². The number of fused-ring (bicyclic) bond motifs is 5. The Labute approximate surface area is 218 Å². The van der Waals surface area contributed by atoms with Crippen molar-refractivity contribution in [3.05, 3.63) is 88.1 Å². The number of hydrogen-bond donors (Lipinski definition) is 1. The molecular formula is C27H17ClF3N3O4. The molecule has 0 saturated carbocycles. The summed E-state index contributed by atoms with van der Waals surface area (Å²) in [5.41, 5.74) is 1.82. The number of ether oxygens (including phenoxy) is 2. The highest BCUT2D eigenvalue weighted by Gasteiger charge is 2.53. The minimum Gasteiger partial charge on any atom is -0.454 e. The molecule has 4 heterocycles. The number of nitrogens with one attached hydrogen (secondary N) is 1. The van der Waals surface area contributed by atoms with Crippen LogP contribution in [0, 0.1) is 0 Å². The van der Waals surface area contributed by atoms with Crippen molar-refractivity contribution in [1.29, 1.82) is 0 Å². The van der Waals surface area contributed by atoms with Crippen LogP contribution in [0.2, 0.25) is 5.02 Å². The zero-order chi connectivity index (χ0) is 26.3. The average molecular weight is 540 g/mol. The molecule has 7 nitrogen and oxygen atoms in total. The first kappa shape index (κ1) is 23.0. The van der Waals surface area contributed by atoms with Gasteiger partial charge in [-0.05, 0) is 47.5 Å². The minimum atomic E-state index is -4.75. The molecule has 1 N–H and O–H groups in total. The normalized spacial score (nSPS) is 20.3. The van der Waals surface area contributed by atoms with Gasteiger partial charge >= 0.3 is 12.2 Å². The second-order valence-electron chi connectivity index (χ2n) is 9.32. The Morgan fingerprint density at radius 3 is 2.58 bits per heavy atom. The number of H-pyrrole nitrogens is 1. The molecule has 1 aromatic heterocycles. The fourth-order valence-electron chi connectivity index (χ4n) is 5.61. The summed E-state index contributed by atoms with van der Waals surface area (Å²) in [4.78, 5) is 33.3. The Morgan fingerprint density at radius 1 is 0.974 bits per heavy atom. The number of nitrogens with zero attached hydrogens (tertiary/aromatic N) is 2. The van der Waals surface area contributed by atoms with Crippen LogP contribution in [0.5, 0.6) is 11.5 Å². The van der Waals surface area contributed by atoms with Gasteiger partial charge in [-0.2, -0.15) is 13.2 Å². The van der Waals surface area contributed by atoms with Gasteiger partial charge < -0.3 is 14.5 Å². The van der Waals surface area contributed by atoms with Gasteiger partial charge in [0.05, 0.1) is 16.3 Å².